The van der Waals surface area contributed by atoms with Crippen molar-refractivity contribution < 1.29 is 9.21 Å². The van der Waals surface area contributed by atoms with Gasteiger partial charge in [-0.15, -0.1) is 0 Å². The van der Waals surface area contributed by atoms with Crippen molar-refractivity contribution in [1.29, 1.82) is 0 Å². The van der Waals surface area contributed by atoms with Gasteiger partial charge in [-0.2, -0.15) is 12.6 Å². The van der Waals surface area contributed by atoms with Gasteiger partial charge in [0.2, 0.25) is 0 Å². The summed E-state index contributed by atoms with van der Waals surface area (Å²) in [7, 11) is 0. The van der Waals surface area contributed by atoms with Crippen LogP contribution in [0.3, 0.4) is 0 Å². The molecular weight excluding hydrogens is 186 g/mol. The third kappa shape index (κ3) is 1.45. The minimum Gasteiger partial charge on any atom is -0.443 e. The van der Waals surface area contributed by atoms with E-state index in [0.717, 1.165) is 5.52 Å². The number of fused-ring (bicyclic) bond motifs is 1. The zero-order chi connectivity index (χ0) is 9.26. The van der Waals surface area contributed by atoms with Crippen LogP contribution in [0.4, 0.5) is 0 Å². The predicted octanol–water partition coefficient (Wildman–Crippen LogP) is 1.94. The van der Waals surface area contributed by atoms with Gasteiger partial charge in [0.25, 0.3) is 0 Å². The Kier molecular flexibility index (Phi) is 2.06. The van der Waals surface area contributed by atoms with E-state index in [9.17, 15) is 4.79 Å². The van der Waals surface area contributed by atoms with Crippen molar-refractivity contribution >= 4 is 29.5 Å². The van der Waals surface area contributed by atoms with Crippen LogP contribution in [0, 0.1) is 0 Å². The molecule has 0 atom stereocenters. The molecule has 2 aromatic rings. The van der Waals surface area contributed by atoms with E-state index >= 15 is 0 Å². The second kappa shape index (κ2) is 3.22. The first kappa shape index (κ1) is 8.31. The summed E-state index contributed by atoms with van der Waals surface area (Å²) >= 11 is 3.91. The fourth-order valence-electron chi connectivity index (χ4n) is 1.12. The molecule has 3 nitrogen and oxygen atoms in total. The van der Waals surface area contributed by atoms with Crippen LogP contribution in [0.25, 0.3) is 11.1 Å². The van der Waals surface area contributed by atoms with Crippen molar-refractivity contribution in [3.05, 3.63) is 30.2 Å². The lowest BCUT2D eigenvalue weighted by atomic mass is 10.1. The molecule has 0 amide bonds. The van der Waals surface area contributed by atoms with Crippen molar-refractivity contribution in [2.45, 2.75) is 0 Å². The van der Waals surface area contributed by atoms with E-state index in [0.29, 0.717) is 11.1 Å². The molecule has 0 saturated heterocycles. The zero-order valence-corrected chi connectivity index (χ0v) is 7.62. The quantitative estimate of drug-likeness (QED) is 0.585. The molecule has 0 saturated carbocycles. The number of oxazole rings is 1. The highest BCUT2D eigenvalue weighted by molar-refractivity contribution is 7.81. The predicted molar refractivity (Wildman–Crippen MR) is 52.2 cm³/mol. The molecule has 13 heavy (non-hydrogen) atoms. The van der Waals surface area contributed by atoms with Gasteiger partial charge >= 0.3 is 0 Å². The Labute approximate surface area is 80.2 Å². The largest absolute Gasteiger partial charge is 0.443 e. The zero-order valence-electron chi connectivity index (χ0n) is 6.73. The number of nitrogens with zero attached hydrogens (tertiary/aromatic N) is 1. The molecule has 0 aliphatic carbocycles. The highest BCUT2D eigenvalue weighted by Gasteiger charge is 2.05. The monoisotopic (exact) mass is 193 g/mol. The number of aromatic nitrogens is 1. The Morgan fingerprint density at radius 1 is 1.54 bits per heavy atom. The summed E-state index contributed by atoms with van der Waals surface area (Å²) in [5.41, 5.74) is 2.00. The average molecular weight is 193 g/mol. The van der Waals surface area contributed by atoms with E-state index in [-0.39, 0.29) is 11.5 Å². The molecule has 0 fully saturated rings. The maximum absolute atomic E-state index is 11.2. The van der Waals surface area contributed by atoms with Crippen LogP contribution in [0.2, 0.25) is 0 Å². The number of Topliss-reactive ketones (excluding diaryl/α,β-unsaturated/α-hetero) is 1. The molecule has 1 aromatic carbocycles. The number of hydrogen-bond donors (Lipinski definition) is 1. The first-order chi connectivity index (χ1) is 6.31. The van der Waals surface area contributed by atoms with Gasteiger partial charge in [0, 0.05) is 5.56 Å². The highest BCUT2D eigenvalue weighted by atomic mass is 32.1. The summed E-state index contributed by atoms with van der Waals surface area (Å²) in [5.74, 6) is 0.196. The summed E-state index contributed by atoms with van der Waals surface area (Å²) in [6, 6.07) is 5.17. The minimum atomic E-state index is -0.0124. The summed E-state index contributed by atoms with van der Waals surface area (Å²) in [6.45, 7) is 0. The van der Waals surface area contributed by atoms with Crippen LogP contribution >= 0.6 is 12.6 Å². The maximum Gasteiger partial charge on any atom is 0.181 e. The molecule has 0 bridgehead atoms. The average Bonchev–Trinajstić information content (AvgIpc) is 2.63. The van der Waals surface area contributed by atoms with Gasteiger partial charge in [-0.3, -0.25) is 4.79 Å². The van der Waals surface area contributed by atoms with Crippen LogP contribution in [-0.2, 0) is 0 Å². The second-order valence-electron chi connectivity index (χ2n) is 2.62. The normalized spacial score (nSPS) is 10.5. The maximum atomic E-state index is 11.2. The van der Waals surface area contributed by atoms with E-state index in [2.05, 4.69) is 17.6 Å². The second-order valence-corrected chi connectivity index (χ2v) is 2.93. The van der Waals surface area contributed by atoms with Gasteiger partial charge in [0.1, 0.15) is 5.52 Å². The Bertz CT molecular complexity index is 450. The van der Waals surface area contributed by atoms with Gasteiger partial charge in [0.15, 0.2) is 17.8 Å². The third-order valence-electron chi connectivity index (χ3n) is 1.80. The fraction of sp³-hybridized carbons (Fsp3) is 0.111. The van der Waals surface area contributed by atoms with E-state index < -0.39 is 0 Å². The Morgan fingerprint density at radius 3 is 3.15 bits per heavy atom. The molecule has 0 radical (unpaired) electrons. The van der Waals surface area contributed by atoms with Crippen molar-refractivity contribution in [2.75, 3.05) is 5.75 Å². The molecule has 0 aliphatic rings. The Morgan fingerprint density at radius 2 is 2.38 bits per heavy atom. The van der Waals surface area contributed by atoms with Gasteiger partial charge < -0.3 is 4.42 Å². The third-order valence-corrected chi connectivity index (χ3v) is 2.08. The van der Waals surface area contributed by atoms with E-state index in [1.807, 2.05) is 0 Å². The number of hydrogen-bond acceptors (Lipinski definition) is 4. The Hall–Kier alpha value is -1.29. The molecule has 1 aromatic heterocycles. The van der Waals surface area contributed by atoms with Crippen molar-refractivity contribution in [2.24, 2.45) is 0 Å². The van der Waals surface area contributed by atoms with Crippen LogP contribution in [0.5, 0.6) is 0 Å². The van der Waals surface area contributed by atoms with Crippen LogP contribution in [-0.4, -0.2) is 16.5 Å². The lowest BCUT2D eigenvalue weighted by Gasteiger charge is -1.95. The summed E-state index contributed by atoms with van der Waals surface area (Å²) in [6.07, 6.45) is 1.36. The minimum absolute atomic E-state index is 0.0124. The first-order valence-electron chi connectivity index (χ1n) is 3.78. The molecule has 0 spiro atoms. The standard InChI is InChI=1S/C9H7NO2S/c11-8(4-13)6-1-2-7-9(3-6)12-5-10-7/h1-3,5,13H,4H2. The number of rotatable bonds is 2. The number of ketones is 1. The fourth-order valence-corrected chi connectivity index (χ4v) is 1.30. The van der Waals surface area contributed by atoms with E-state index in [1.165, 1.54) is 6.39 Å². The molecular formula is C9H7NO2S. The number of thiol groups is 1. The first-order valence-corrected chi connectivity index (χ1v) is 4.42. The van der Waals surface area contributed by atoms with Crippen molar-refractivity contribution in [3.8, 4) is 0 Å². The Balaban J connectivity index is 2.54. The van der Waals surface area contributed by atoms with Crippen LogP contribution in [0.15, 0.2) is 29.0 Å². The van der Waals surface area contributed by atoms with E-state index in [4.69, 9.17) is 4.42 Å². The number of benzene rings is 1. The lowest BCUT2D eigenvalue weighted by molar-refractivity contribution is 0.102. The summed E-state index contributed by atoms with van der Waals surface area (Å²) in [4.78, 5) is 15.2. The molecule has 2 rings (SSSR count). The molecule has 4 heteroatoms. The summed E-state index contributed by atoms with van der Waals surface area (Å²) < 4.78 is 5.06. The van der Waals surface area contributed by atoms with Gasteiger partial charge in [-0.05, 0) is 18.2 Å². The van der Waals surface area contributed by atoms with Gasteiger partial charge in [-0.1, -0.05) is 0 Å². The van der Waals surface area contributed by atoms with Crippen LogP contribution < -0.4 is 0 Å². The number of carbonyl (C=O) groups is 1. The summed E-state index contributed by atoms with van der Waals surface area (Å²) in [5, 5.41) is 0. The smallest absolute Gasteiger partial charge is 0.181 e. The van der Waals surface area contributed by atoms with Crippen molar-refractivity contribution in [1.82, 2.24) is 4.98 Å². The molecule has 1 heterocycles. The highest BCUT2D eigenvalue weighted by Crippen LogP contribution is 2.14. The molecule has 0 N–H and O–H groups in total. The van der Waals surface area contributed by atoms with Gasteiger partial charge in [-0.25, -0.2) is 4.98 Å². The SMILES string of the molecule is O=C(CS)c1ccc2ncoc2c1. The molecule has 66 valence electrons. The topological polar surface area (TPSA) is 43.1 Å². The number of carbonyl (C=O) groups excluding carboxylic acids is 1. The molecule has 0 aliphatic heterocycles. The van der Waals surface area contributed by atoms with E-state index in [1.54, 1.807) is 18.2 Å². The molecule has 0 unspecified atom stereocenters. The van der Waals surface area contributed by atoms with Crippen molar-refractivity contribution in [3.63, 3.8) is 0 Å². The van der Waals surface area contributed by atoms with Gasteiger partial charge in [0.05, 0.1) is 5.75 Å². The lowest BCUT2D eigenvalue weighted by Crippen LogP contribution is -1.99. The van der Waals surface area contributed by atoms with Crippen LogP contribution in [0.1, 0.15) is 10.4 Å².